The highest BCUT2D eigenvalue weighted by molar-refractivity contribution is 6.37. The molecule has 0 spiro atoms. The van der Waals surface area contributed by atoms with E-state index < -0.39 is 11.8 Å². The molecule has 1 N–H and O–H groups in total. The van der Waals surface area contributed by atoms with Crippen molar-refractivity contribution in [3.8, 4) is 5.69 Å². The standard InChI is InChI=1S/C28H29ClN4O4/c1-17-11-23(33-15-22(29)14-31-33)12-18(2)25(17)26-24(34)13-21(27(26)35)9-10-30-28(36)19(3)32-37-16-20-7-5-4-6-8-20/h4-8,11-12,14-15,21,26H,9-10,13,16H2,1-3H3,(H,30,36). The summed E-state index contributed by atoms with van der Waals surface area (Å²) in [6.45, 7) is 5.88. The van der Waals surface area contributed by atoms with Crippen molar-refractivity contribution in [2.75, 3.05) is 6.54 Å². The zero-order chi connectivity index (χ0) is 26.5. The van der Waals surface area contributed by atoms with Gasteiger partial charge in [-0.05, 0) is 61.6 Å². The maximum absolute atomic E-state index is 13.3. The zero-order valence-corrected chi connectivity index (χ0v) is 21.8. The van der Waals surface area contributed by atoms with Crippen LogP contribution >= 0.6 is 11.6 Å². The van der Waals surface area contributed by atoms with Gasteiger partial charge in [0.15, 0.2) is 5.78 Å². The molecule has 1 fully saturated rings. The second kappa shape index (κ2) is 11.5. The average molecular weight is 521 g/mol. The van der Waals surface area contributed by atoms with Crippen molar-refractivity contribution >= 4 is 34.8 Å². The van der Waals surface area contributed by atoms with Gasteiger partial charge in [0.2, 0.25) is 0 Å². The summed E-state index contributed by atoms with van der Waals surface area (Å²) in [5.74, 6) is -1.79. The van der Waals surface area contributed by atoms with E-state index >= 15 is 0 Å². The van der Waals surface area contributed by atoms with Gasteiger partial charge in [0, 0.05) is 25.1 Å². The van der Waals surface area contributed by atoms with Crippen molar-refractivity contribution in [1.82, 2.24) is 15.1 Å². The molecule has 2 unspecified atom stereocenters. The van der Waals surface area contributed by atoms with Crippen LogP contribution < -0.4 is 5.32 Å². The number of nitrogens with one attached hydrogen (secondary N) is 1. The number of aromatic nitrogens is 2. The van der Waals surface area contributed by atoms with Gasteiger partial charge in [-0.25, -0.2) is 4.68 Å². The SMILES string of the molecule is CC(=NOCc1ccccc1)C(=O)NCCC1CC(=O)C(c2c(C)cc(-n3cc(Cl)cn3)cc2C)C1=O. The number of carbonyl (C=O) groups excluding carboxylic acids is 3. The fourth-order valence-corrected chi connectivity index (χ4v) is 4.83. The van der Waals surface area contributed by atoms with E-state index in [0.29, 0.717) is 11.4 Å². The van der Waals surface area contributed by atoms with Crippen LogP contribution in [0, 0.1) is 19.8 Å². The summed E-state index contributed by atoms with van der Waals surface area (Å²) in [6, 6.07) is 13.3. The van der Waals surface area contributed by atoms with Gasteiger partial charge in [-0.1, -0.05) is 47.1 Å². The molecule has 1 amide bonds. The van der Waals surface area contributed by atoms with Crippen molar-refractivity contribution in [3.05, 3.63) is 82.1 Å². The van der Waals surface area contributed by atoms with E-state index in [2.05, 4.69) is 15.6 Å². The number of aryl methyl sites for hydroxylation is 2. The van der Waals surface area contributed by atoms with E-state index in [1.807, 2.05) is 56.3 Å². The molecule has 1 aliphatic carbocycles. The van der Waals surface area contributed by atoms with Crippen LogP contribution in [-0.4, -0.2) is 39.5 Å². The van der Waals surface area contributed by atoms with Gasteiger partial charge in [0.25, 0.3) is 5.91 Å². The van der Waals surface area contributed by atoms with Gasteiger partial charge in [-0.2, -0.15) is 5.10 Å². The van der Waals surface area contributed by atoms with Crippen molar-refractivity contribution in [2.45, 2.75) is 46.1 Å². The van der Waals surface area contributed by atoms with Gasteiger partial charge in [0.05, 0.1) is 16.9 Å². The van der Waals surface area contributed by atoms with Crippen molar-refractivity contribution in [1.29, 1.82) is 0 Å². The lowest BCUT2D eigenvalue weighted by molar-refractivity contribution is -0.125. The first-order valence-corrected chi connectivity index (χ1v) is 12.5. The normalized spacial score (nSPS) is 17.8. The summed E-state index contributed by atoms with van der Waals surface area (Å²) in [5, 5.41) is 11.4. The molecule has 0 aliphatic heterocycles. The summed E-state index contributed by atoms with van der Waals surface area (Å²) in [5.41, 5.74) is 4.40. The van der Waals surface area contributed by atoms with Crippen LogP contribution in [-0.2, 0) is 25.8 Å². The summed E-state index contributed by atoms with van der Waals surface area (Å²) >= 11 is 5.99. The largest absolute Gasteiger partial charge is 0.391 e. The Hall–Kier alpha value is -3.78. The number of ketones is 2. The van der Waals surface area contributed by atoms with E-state index in [1.165, 1.54) is 0 Å². The average Bonchev–Trinajstić information content (AvgIpc) is 3.42. The number of benzene rings is 2. The fourth-order valence-electron chi connectivity index (χ4n) is 4.69. The van der Waals surface area contributed by atoms with Crippen LogP contribution in [0.1, 0.15) is 47.9 Å². The minimum Gasteiger partial charge on any atom is -0.391 e. The predicted molar refractivity (Wildman–Crippen MR) is 141 cm³/mol. The third-order valence-corrected chi connectivity index (χ3v) is 6.72. The van der Waals surface area contributed by atoms with Gasteiger partial charge < -0.3 is 10.2 Å². The number of hydrogen-bond donors (Lipinski definition) is 1. The van der Waals surface area contributed by atoms with Gasteiger partial charge in [-0.3, -0.25) is 14.4 Å². The highest BCUT2D eigenvalue weighted by Crippen LogP contribution is 2.37. The summed E-state index contributed by atoms with van der Waals surface area (Å²) < 4.78 is 1.66. The van der Waals surface area contributed by atoms with Crippen LogP contribution in [0.5, 0.6) is 0 Å². The molecule has 37 heavy (non-hydrogen) atoms. The lowest BCUT2D eigenvalue weighted by atomic mass is 9.87. The maximum Gasteiger partial charge on any atom is 0.268 e. The van der Waals surface area contributed by atoms with Crippen LogP contribution in [0.25, 0.3) is 5.69 Å². The first-order valence-electron chi connectivity index (χ1n) is 12.1. The molecular formula is C28H29ClN4O4. The number of rotatable bonds is 9. The molecule has 9 heteroatoms. The Balaban J connectivity index is 1.34. The van der Waals surface area contributed by atoms with Crippen molar-refractivity contribution in [2.24, 2.45) is 11.1 Å². The van der Waals surface area contributed by atoms with Crippen LogP contribution in [0.15, 0.2) is 60.0 Å². The summed E-state index contributed by atoms with van der Waals surface area (Å²) in [6.07, 6.45) is 3.81. The molecular weight excluding hydrogens is 492 g/mol. The second-order valence-corrected chi connectivity index (χ2v) is 9.72. The van der Waals surface area contributed by atoms with Crippen LogP contribution in [0.2, 0.25) is 5.02 Å². The number of halogens is 1. The molecule has 8 nitrogen and oxygen atoms in total. The molecule has 192 valence electrons. The van der Waals surface area contributed by atoms with Crippen molar-refractivity contribution < 1.29 is 19.2 Å². The number of amides is 1. The van der Waals surface area contributed by atoms with E-state index in [1.54, 1.807) is 24.0 Å². The minimum absolute atomic E-state index is 0.0885. The maximum atomic E-state index is 13.3. The first-order chi connectivity index (χ1) is 17.7. The molecule has 0 radical (unpaired) electrons. The molecule has 3 aromatic rings. The highest BCUT2D eigenvalue weighted by Gasteiger charge is 2.42. The Morgan fingerprint density at radius 2 is 1.89 bits per heavy atom. The van der Waals surface area contributed by atoms with Crippen LogP contribution in [0.3, 0.4) is 0 Å². The Kier molecular flexibility index (Phi) is 8.18. The Labute approximate surface area is 220 Å². The number of nitrogens with zero attached hydrogens (tertiary/aromatic N) is 3. The Bertz CT molecular complexity index is 1330. The summed E-state index contributed by atoms with van der Waals surface area (Å²) in [4.78, 5) is 43.8. The highest BCUT2D eigenvalue weighted by atomic mass is 35.5. The monoisotopic (exact) mass is 520 g/mol. The fraction of sp³-hybridized carbons (Fsp3) is 0.321. The van der Waals surface area contributed by atoms with Gasteiger partial charge >= 0.3 is 0 Å². The molecule has 2 atom stereocenters. The second-order valence-electron chi connectivity index (χ2n) is 9.28. The number of oxime groups is 1. The van der Waals surface area contributed by atoms with Gasteiger partial charge in [-0.15, -0.1) is 0 Å². The Morgan fingerprint density at radius 1 is 1.19 bits per heavy atom. The molecule has 1 aromatic heterocycles. The number of Topliss-reactive ketones (excluding diaryl/α,β-unsaturated/α-hetero) is 2. The number of hydrogen-bond acceptors (Lipinski definition) is 6. The smallest absolute Gasteiger partial charge is 0.268 e. The third kappa shape index (κ3) is 6.14. The molecule has 4 rings (SSSR count). The molecule has 2 aromatic carbocycles. The van der Waals surface area contributed by atoms with E-state index in [-0.39, 0.29) is 42.8 Å². The van der Waals surface area contributed by atoms with Crippen molar-refractivity contribution in [3.63, 3.8) is 0 Å². The minimum atomic E-state index is -0.786. The van der Waals surface area contributed by atoms with Crippen LogP contribution in [0.4, 0.5) is 0 Å². The van der Waals surface area contributed by atoms with E-state index in [4.69, 9.17) is 16.4 Å². The molecule has 1 aliphatic rings. The lowest BCUT2D eigenvalue weighted by Crippen LogP contribution is -2.32. The third-order valence-electron chi connectivity index (χ3n) is 6.52. The van der Waals surface area contributed by atoms with E-state index in [0.717, 1.165) is 27.9 Å². The zero-order valence-electron chi connectivity index (χ0n) is 21.0. The predicted octanol–water partition coefficient (Wildman–Crippen LogP) is 4.48. The van der Waals surface area contributed by atoms with E-state index in [9.17, 15) is 14.4 Å². The number of carbonyl (C=O) groups is 3. The van der Waals surface area contributed by atoms with Gasteiger partial charge in [0.1, 0.15) is 24.0 Å². The first kappa shape index (κ1) is 26.3. The summed E-state index contributed by atoms with van der Waals surface area (Å²) in [7, 11) is 0. The Morgan fingerprint density at radius 3 is 2.54 bits per heavy atom. The molecule has 1 saturated carbocycles. The topological polar surface area (TPSA) is 103 Å². The molecule has 0 saturated heterocycles. The molecule has 1 heterocycles. The quantitative estimate of drug-likeness (QED) is 0.254. The lowest BCUT2D eigenvalue weighted by Gasteiger charge is -2.17. The molecule has 0 bridgehead atoms.